The third kappa shape index (κ3) is 7.24. The Balaban J connectivity index is 2.00. The molecule has 0 radical (unpaired) electrons. The lowest BCUT2D eigenvalue weighted by Crippen LogP contribution is -2.26. The van der Waals surface area contributed by atoms with E-state index >= 15 is 0 Å². The maximum atomic E-state index is 12.7. The summed E-state index contributed by atoms with van der Waals surface area (Å²) in [6.07, 6.45) is 2.51. The lowest BCUT2D eigenvalue weighted by molar-refractivity contribution is 0.0682. The number of thioether (sulfide) groups is 1. The summed E-state index contributed by atoms with van der Waals surface area (Å²) in [7, 11) is 0. The number of rotatable bonds is 10. The minimum Gasteiger partial charge on any atom is -0.507 e. The molecule has 1 heterocycles. The second-order valence-corrected chi connectivity index (χ2v) is 9.58. The summed E-state index contributed by atoms with van der Waals surface area (Å²) >= 11 is 1.05. The first-order chi connectivity index (χ1) is 19.3. The van der Waals surface area contributed by atoms with Gasteiger partial charge in [0.15, 0.2) is 0 Å². The summed E-state index contributed by atoms with van der Waals surface area (Å²) < 4.78 is 0. The van der Waals surface area contributed by atoms with Crippen molar-refractivity contribution in [2.75, 3.05) is 15.8 Å². The second kappa shape index (κ2) is 12.7. The van der Waals surface area contributed by atoms with Gasteiger partial charge < -0.3 is 31.9 Å². The maximum absolute atomic E-state index is 12.7. The number of hydrogen-bond acceptors (Lipinski definition) is 13. The van der Waals surface area contributed by atoms with Crippen LogP contribution in [0, 0.1) is 0 Å². The number of carbonyl (C=O) groups is 3. The summed E-state index contributed by atoms with van der Waals surface area (Å²) in [4.78, 5) is 39.4. The van der Waals surface area contributed by atoms with Crippen LogP contribution in [0.3, 0.4) is 0 Å². The molecular formula is C26H27N7O7S. The van der Waals surface area contributed by atoms with E-state index in [2.05, 4.69) is 4.98 Å². The average Bonchev–Trinajstić information content (AvgIpc) is 2.92. The van der Waals surface area contributed by atoms with E-state index < -0.39 is 23.4 Å². The van der Waals surface area contributed by atoms with Crippen molar-refractivity contribution < 1.29 is 34.8 Å². The number of hydrazine groups is 2. The first-order valence-corrected chi connectivity index (χ1v) is 12.7. The Bertz CT molecular complexity index is 1470. The molecule has 214 valence electrons. The fourth-order valence-electron chi connectivity index (χ4n) is 3.46. The molecule has 1 aromatic heterocycles. The van der Waals surface area contributed by atoms with E-state index in [9.17, 15) is 24.6 Å². The Morgan fingerprint density at radius 3 is 1.56 bits per heavy atom. The first-order valence-electron chi connectivity index (χ1n) is 11.7. The maximum Gasteiger partial charge on any atom is 0.339 e. The van der Waals surface area contributed by atoms with Gasteiger partial charge in [0.05, 0.1) is 34.2 Å². The first kappa shape index (κ1) is 30.3. The Hall–Kier alpha value is -5.25. The summed E-state index contributed by atoms with van der Waals surface area (Å²) in [6.45, 7) is 1.81. The van der Waals surface area contributed by atoms with E-state index in [4.69, 9.17) is 33.4 Å². The number of phenols is 2. The number of nitrogens with two attached hydrogens (primary N) is 4. The van der Waals surface area contributed by atoms with E-state index in [1.807, 2.05) is 6.92 Å². The fraction of sp³-hybridized carbons (Fsp3) is 0.0769. The summed E-state index contributed by atoms with van der Waals surface area (Å²) in [5, 5.41) is 39.9. The SMILES string of the molecule is CCSC(=O)c1cc(/C(N)=C/N(N)c2ccc(C(=O)O)c(O)c2)nc(/C(N)=C/N(N)c2ccc(C(=O)O)c(O)c2)c1. The van der Waals surface area contributed by atoms with Gasteiger partial charge in [0.1, 0.15) is 22.6 Å². The number of aromatic nitrogens is 1. The van der Waals surface area contributed by atoms with Gasteiger partial charge in [-0.2, -0.15) is 0 Å². The molecular weight excluding hydrogens is 554 g/mol. The van der Waals surface area contributed by atoms with Crippen molar-refractivity contribution in [1.29, 1.82) is 0 Å². The molecule has 3 aromatic rings. The van der Waals surface area contributed by atoms with Gasteiger partial charge in [-0.15, -0.1) is 0 Å². The molecule has 0 unspecified atom stereocenters. The molecule has 0 aliphatic heterocycles. The van der Waals surface area contributed by atoms with Crippen LogP contribution >= 0.6 is 11.8 Å². The average molecular weight is 582 g/mol. The number of nitrogens with zero attached hydrogens (tertiary/aromatic N) is 3. The lowest BCUT2D eigenvalue weighted by Gasteiger charge is -2.17. The van der Waals surface area contributed by atoms with Gasteiger partial charge in [0.2, 0.25) is 5.12 Å². The van der Waals surface area contributed by atoms with Crippen molar-refractivity contribution in [2.24, 2.45) is 23.2 Å². The molecule has 0 amide bonds. The number of benzene rings is 2. The van der Waals surface area contributed by atoms with Gasteiger partial charge in [0.25, 0.3) is 0 Å². The molecule has 0 spiro atoms. The van der Waals surface area contributed by atoms with E-state index in [-0.39, 0.29) is 56.0 Å². The highest BCUT2D eigenvalue weighted by Crippen LogP contribution is 2.26. The number of carboxylic acids is 2. The highest BCUT2D eigenvalue weighted by atomic mass is 32.2. The highest BCUT2D eigenvalue weighted by molar-refractivity contribution is 8.14. The Kier molecular flexibility index (Phi) is 9.41. The van der Waals surface area contributed by atoms with Crippen molar-refractivity contribution in [2.45, 2.75) is 6.92 Å². The normalized spacial score (nSPS) is 11.7. The topological polar surface area (TPSA) is 256 Å². The predicted molar refractivity (Wildman–Crippen MR) is 154 cm³/mol. The quantitative estimate of drug-likeness (QED) is 0.126. The Morgan fingerprint density at radius 1 is 0.805 bits per heavy atom. The van der Waals surface area contributed by atoms with Crippen LogP contribution in [0.2, 0.25) is 0 Å². The number of aromatic carboxylic acids is 2. The lowest BCUT2D eigenvalue weighted by atomic mass is 10.1. The zero-order valence-electron chi connectivity index (χ0n) is 21.6. The minimum absolute atomic E-state index is 0.00159. The van der Waals surface area contributed by atoms with Crippen LogP contribution in [0.25, 0.3) is 11.4 Å². The molecule has 0 saturated carbocycles. The van der Waals surface area contributed by atoms with Crippen molar-refractivity contribution in [3.63, 3.8) is 0 Å². The van der Waals surface area contributed by atoms with Crippen LogP contribution in [0.5, 0.6) is 11.5 Å². The molecule has 0 aliphatic rings. The largest absolute Gasteiger partial charge is 0.507 e. The Labute approximate surface area is 237 Å². The standard InChI is InChI=1S/C26H27N7O7S/c1-2-41-26(40)13-7-20(18(27)11-32(29)14-3-5-16(24(36)37)22(34)9-14)31-21(8-13)19(28)12-33(30)15-4-6-17(25(38)39)23(35)10-15/h3-12,34-35H,2,27-30H2,1H3,(H,36,37)(H,38,39)/b18-11-,19-12-. The molecule has 0 bridgehead atoms. The molecule has 2 aromatic carbocycles. The summed E-state index contributed by atoms with van der Waals surface area (Å²) in [5.41, 5.74) is 12.7. The van der Waals surface area contributed by atoms with Crippen molar-refractivity contribution in [1.82, 2.24) is 4.98 Å². The van der Waals surface area contributed by atoms with Crippen molar-refractivity contribution in [3.05, 3.63) is 89.0 Å². The molecule has 0 saturated heterocycles. The van der Waals surface area contributed by atoms with Crippen LogP contribution in [0.15, 0.2) is 60.9 Å². The number of carbonyl (C=O) groups excluding carboxylic acids is 1. The monoisotopic (exact) mass is 581 g/mol. The highest BCUT2D eigenvalue weighted by Gasteiger charge is 2.16. The van der Waals surface area contributed by atoms with E-state index in [1.165, 1.54) is 48.8 Å². The number of aromatic hydroxyl groups is 2. The van der Waals surface area contributed by atoms with Crippen LogP contribution < -0.4 is 33.2 Å². The van der Waals surface area contributed by atoms with Gasteiger partial charge in [-0.05, 0) is 42.2 Å². The van der Waals surface area contributed by atoms with Crippen LogP contribution in [-0.4, -0.2) is 48.2 Å². The van der Waals surface area contributed by atoms with E-state index in [0.29, 0.717) is 5.75 Å². The number of pyridine rings is 1. The molecule has 0 fully saturated rings. The molecule has 0 atom stereocenters. The number of carboxylic acid groups (broad SMARTS) is 2. The molecule has 14 nitrogen and oxygen atoms in total. The minimum atomic E-state index is -1.31. The smallest absolute Gasteiger partial charge is 0.339 e. The van der Waals surface area contributed by atoms with E-state index in [1.54, 1.807) is 0 Å². The van der Waals surface area contributed by atoms with Crippen LogP contribution in [-0.2, 0) is 0 Å². The van der Waals surface area contributed by atoms with E-state index in [0.717, 1.165) is 33.9 Å². The molecule has 0 aliphatic carbocycles. The van der Waals surface area contributed by atoms with Crippen LogP contribution in [0.4, 0.5) is 11.4 Å². The third-order valence-corrected chi connectivity index (χ3v) is 6.29. The predicted octanol–water partition coefficient (Wildman–Crippen LogP) is 2.06. The fourth-order valence-corrected chi connectivity index (χ4v) is 4.01. The zero-order valence-corrected chi connectivity index (χ0v) is 22.4. The zero-order chi connectivity index (χ0) is 30.4. The Morgan fingerprint density at radius 2 is 1.22 bits per heavy atom. The summed E-state index contributed by atoms with van der Waals surface area (Å²) in [6, 6.07) is 10.2. The second-order valence-electron chi connectivity index (χ2n) is 8.34. The molecule has 41 heavy (non-hydrogen) atoms. The number of hydrogen-bond donors (Lipinski definition) is 8. The van der Waals surface area contributed by atoms with Gasteiger partial charge >= 0.3 is 11.9 Å². The molecule has 15 heteroatoms. The van der Waals surface area contributed by atoms with Crippen LogP contribution in [0.1, 0.15) is 49.4 Å². The van der Waals surface area contributed by atoms with Crippen molar-refractivity contribution in [3.8, 4) is 11.5 Å². The number of anilines is 2. The van der Waals surface area contributed by atoms with Gasteiger partial charge in [-0.1, -0.05) is 18.7 Å². The molecule has 12 N–H and O–H groups in total. The van der Waals surface area contributed by atoms with Gasteiger partial charge in [0, 0.05) is 30.1 Å². The van der Waals surface area contributed by atoms with Gasteiger partial charge in [-0.3, -0.25) is 14.8 Å². The molecule has 3 rings (SSSR count). The van der Waals surface area contributed by atoms with Gasteiger partial charge in [-0.25, -0.2) is 26.3 Å². The summed E-state index contributed by atoms with van der Waals surface area (Å²) in [5.74, 6) is 8.96. The van der Waals surface area contributed by atoms with Crippen molar-refractivity contribution >= 4 is 51.6 Å². The third-order valence-electron chi connectivity index (χ3n) is 5.50.